The minimum Gasteiger partial charge on any atom is -0.356 e. The highest BCUT2D eigenvalue weighted by Crippen LogP contribution is 2.55. The summed E-state index contributed by atoms with van der Waals surface area (Å²) in [6.45, 7) is 2.98. The quantitative estimate of drug-likeness (QED) is 0.909. The molecule has 0 saturated heterocycles. The normalized spacial score (nSPS) is 32.0. The molecule has 0 radical (unpaired) electrons. The summed E-state index contributed by atoms with van der Waals surface area (Å²) in [5.74, 6) is 2.55. The first-order chi connectivity index (χ1) is 11.7. The van der Waals surface area contributed by atoms with Gasteiger partial charge in [-0.1, -0.05) is 55.5 Å². The standard InChI is InChI=1S/C22H23NO/c1-13-10-19(13)22(24)23-12-14-11-20-15-6-2-4-8-17(15)21(14)18-9-5-3-7-16(18)20/h2-9,13-14,19-21H,10-12H2,1H3,(H,23,24). The zero-order valence-electron chi connectivity index (χ0n) is 14.0. The lowest BCUT2D eigenvalue weighted by Crippen LogP contribution is -2.39. The molecule has 1 N–H and O–H groups in total. The largest absolute Gasteiger partial charge is 0.356 e. The second-order valence-corrected chi connectivity index (χ2v) is 7.85. The van der Waals surface area contributed by atoms with E-state index in [0.717, 1.165) is 19.4 Å². The number of rotatable bonds is 3. The van der Waals surface area contributed by atoms with Gasteiger partial charge in [-0.3, -0.25) is 4.79 Å². The van der Waals surface area contributed by atoms with E-state index in [9.17, 15) is 4.79 Å². The van der Waals surface area contributed by atoms with E-state index in [1.807, 2.05) is 0 Å². The second kappa shape index (κ2) is 5.20. The van der Waals surface area contributed by atoms with Crippen molar-refractivity contribution in [2.45, 2.75) is 31.6 Å². The molecule has 0 aromatic heterocycles. The lowest BCUT2D eigenvalue weighted by Gasteiger charge is -2.45. The average Bonchev–Trinajstić information content (AvgIpc) is 3.37. The number of carbonyl (C=O) groups is 1. The molecule has 2 nitrogen and oxygen atoms in total. The van der Waals surface area contributed by atoms with E-state index in [-0.39, 0.29) is 11.8 Å². The van der Waals surface area contributed by atoms with Gasteiger partial charge in [0.1, 0.15) is 0 Å². The van der Waals surface area contributed by atoms with Crippen molar-refractivity contribution in [1.82, 2.24) is 5.32 Å². The Morgan fingerprint density at radius 2 is 1.50 bits per heavy atom. The molecule has 122 valence electrons. The van der Waals surface area contributed by atoms with Crippen LogP contribution >= 0.6 is 0 Å². The predicted molar refractivity (Wildman–Crippen MR) is 95.0 cm³/mol. The molecule has 24 heavy (non-hydrogen) atoms. The molecule has 3 atom stereocenters. The number of amides is 1. The van der Waals surface area contributed by atoms with Crippen molar-refractivity contribution in [3.8, 4) is 0 Å². The third kappa shape index (κ3) is 2.05. The van der Waals surface area contributed by atoms with E-state index < -0.39 is 0 Å². The summed E-state index contributed by atoms with van der Waals surface area (Å²) < 4.78 is 0. The van der Waals surface area contributed by atoms with Gasteiger partial charge in [0.15, 0.2) is 0 Å². The van der Waals surface area contributed by atoms with Gasteiger partial charge in [-0.25, -0.2) is 0 Å². The van der Waals surface area contributed by atoms with Crippen molar-refractivity contribution in [2.24, 2.45) is 17.8 Å². The van der Waals surface area contributed by atoms with Gasteiger partial charge < -0.3 is 5.32 Å². The molecule has 0 aliphatic heterocycles. The van der Waals surface area contributed by atoms with Gasteiger partial charge in [0.25, 0.3) is 0 Å². The fourth-order valence-corrected chi connectivity index (χ4v) is 5.01. The maximum atomic E-state index is 12.2. The molecule has 4 aliphatic carbocycles. The van der Waals surface area contributed by atoms with Crippen LogP contribution in [0.25, 0.3) is 0 Å². The Bertz CT molecular complexity index is 764. The zero-order valence-corrected chi connectivity index (χ0v) is 14.0. The highest BCUT2D eigenvalue weighted by Gasteiger charge is 2.44. The summed E-state index contributed by atoms with van der Waals surface area (Å²) in [6, 6.07) is 17.8. The molecule has 2 bridgehead atoms. The third-order valence-electron chi connectivity index (χ3n) is 6.41. The minimum absolute atomic E-state index is 0.269. The van der Waals surface area contributed by atoms with Crippen molar-refractivity contribution in [1.29, 1.82) is 0 Å². The van der Waals surface area contributed by atoms with Gasteiger partial charge in [-0.05, 0) is 46.9 Å². The summed E-state index contributed by atoms with van der Waals surface area (Å²) in [5, 5.41) is 3.25. The maximum absolute atomic E-state index is 12.2. The first kappa shape index (κ1) is 14.3. The fraction of sp³-hybridized carbons (Fsp3) is 0.409. The van der Waals surface area contributed by atoms with Gasteiger partial charge in [0.05, 0.1) is 0 Å². The van der Waals surface area contributed by atoms with Crippen LogP contribution in [0.1, 0.15) is 53.9 Å². The second-order valence-electron chi connectivity index (χ2n) is 7.85. The summed E-state index contributed by atoms with van der Waals surface area (Å²) in [5.41, 5.74) is 5.96. The summed E-state index contributed by atoms with van der Waals surface area (Å²) in [4.78, 5) is 12.2. The number of benzene rings is 2. The molecule has 1 saturated carbocycles. The van der Waals surface area contributed by atoms with Gasteiger partial charge >= 0.3 is 0 Å². The SMILES string of the molecule is CC1CC1C(=O)NCC1CC2c3ccccc3C1c1ccccc12. The monoisotopic (exact) mass is 317 g/mol. The number of fused-ring (bicyclic) bond motifs is 1. The molecule has 0 heterocycles. The molecule has 1 amide bonds. The first-order valence-corrected chi connectivity index (χ1v) is 9.19. The van der Waals surface area contributed by atoms with E-state index in [2.05, 4.69) is 60.8 Å². The highest BCUT2D eigenvalue weighted by molar-refractivity contribution is 5.81. The topological polar surface area (TPSA) is 29.1 Å². The predicted octanol–water partition coefficient (Wildman–Crippen LogP) is 4.06. The van der Waals surface area contributed by atoms with Crippen LogP contribution < -0.4 is 5.32 Å². The van der Waals surface area contributed by atoms with Crippen molar-refractivity contribution in [3.05, 3.63) is 70.8 Å². The van der Waals surface area contributed by atoms with Crippen molar-refractivity contribution in [2.75, 3.05) is 6.54 Å². The molecular formula is C22H23NO. The Morgan fingerprint density at radius 1 is 0.958 bits per heavy atom. The lowest BCUT2D eigenvalue weighted by molar-refractivity contribution is -0.122. The molecule has 2 aromatic carbocycles. The van der Waals surface area contributed by atoms with E-state index in [1.165, 1.54) is 22.3 Å². The van der Waals surface area contributed by atoms with E-state index in [1.54, 1.807) is 0 Å². The Hall–Kier alpha value is -2.09. The Morgan fingerprint density at radius 3 is 2.04 bits per heavy atom. The molecule has 2 aromatic rings. The van der Waals surface area contributed by atoms with Crippen LogP contribution in [0, 0.1) is 17.8 Å². The smallest absolute Gasteiger partial charge is 0.223 e. The van der Waals surface area contributed by atoms with Crippen LogP contribution in [0.5, 0.6) is 0 Å². The molecule has 4 aliphatic rings. The summed E-state index contributed by atoms with van der Waals surface area (Å²) >= 11 is 0. The molecular weight excluding hydrogens is 294 g/mol. The van der Waals surface area contributed by atoms with E-state index in [0.29, 0.717) is 23.7 Å². The lowest BCUT2D eigenvalue weighted by atomic mass is 9.59. The van der Waals surface area contributed by atoms with Crippen LogP contribution in [0.3, 0.4) is 0 Å². The van der Waals surface area contributed by atoms with Crippen LogP contribution in [0.2, 0.25) is 0 Å². The molecule has 6 rings (SSSR count). The third-order valence-corrected chi connectivity index (χ3v) is 6.41. The molecule has 2 heteroatoms. The fourth-order valence-electron chi connectivity index (χ4n) is 5.01. The summed E-state index contributed by atoms with van der Waals surface area (Å²) in [7, 11) is 0. The zero-order chi connectivity index (χ0) is 16.3. The van der Waals surface area contributed by atoms with Crippen LogP contribution in [0.15, 0.2) is 48.5 Å². The minimum atomic E-state index is 0.269. The van der Waals surface area contributed by atoms with E-state index in [4.69, 9.17) is 0 Å². The Balaban J connectivity index is 1.46. The first-order valence-electron chi connectivity index (χ1n) is 9.19. The Labute approximate surface area is 143 Å². The van der Waals surface area contributed by atoms with Crippen molar-refractivity contribution >= 4 is 5.91 Å². The van der Waals surface area contributed by atoms with Gasteiger partial charge in [-0.15, -0.1) is 0 Å². The molecule has 3 unspecified atom stereocenters. The van der Waals surface area contributed by atoms with Crippen LogP contribution in [-0.2, 0) is 4.79 Å². The molecule has 0 spiro atoms. The summed E-state index contributed by atoms with van der Waals surface area (Å²) in [6.07, 6.45) is 2.22. The highest BCUT2D eigenvalue weighted by atomic mass is 16.2. The van der Waals surface area contributed by atoms with Gasteiger partial charge in [0, 0.05) is 24.3 Å². The Kier molecular flexibility index (Phi) is 3.09. The van der Waals surface area contributed by atoms with Crippen molar-refractivity contribution in [3.63, 3.8) is 0 Å². The van der Waals surface area contributed by atoms with E-state index >= 15 is 0 Å². The van der Waals surface area contributed by atoms with Gasteiger partial charge in [0.2, 0.25) is 5.91 Å². The number of carbonyl (C=O) groups excluding carboxylic acids is 1. The van der Waals surface area contributed by atoms with Crippen molar-refractivity contribution < 1.29 is 4.79 Å². The molecule has 1 fully saturated rings. The van der Waals surface area contributed by atoms with Gasteiger partial charge in [-0.2, -0.15) is 0 Å². The van der Waals surface area contributed by atoms with Crippen LogP contribution in [-0.4, -0.2) is 12.5 Å². The number of hydrogen-bond donors (Lipinski definition) is 1. The number of hydrogen-bond acceptors (Lipinski definition) is 1. The average molecular weight is 317 g/mol. The van der Waals surface area contributed by atoms with Crippen LogP contribution in [0.4, 0.5) is 0 Å². The maximum Gasteiger partial charge on any atom is 0.223 e. The number of nitrogens with one attached hydrogen (secondary N) is 1.